The topological polar surface area (TPSA) is 165 Å². The van der Waals surface area contributed by atoms with E-state index in [1.165, 1.54) is 12.2 Å². The van der Waals surface area contributed by atoms with Gasteiger partial charge in [0.15, 0.2) is 0 Å². The van der Waals surface area contributed by atoms with Crippen molar-refractivity contribution < 1.29 is 43.1 Å². The zero-order chi connectivity index (χ0) is 42.5. The molecule has 318 valence electrons. The summed E-state index contributed by atoms with van der Waals surface area (Å²) in [6, 6.07) is 32.5. The fraction of sp³-hybridized carbons (Fsp3) is 0.356. The molecule has 60 heavy (non-hydrogen) atoms. The van der Waals surface area contributed by atoms with Crippen LogP contribution in [0.2, 0.25) is 0 Å². The van der Waals surface area contributed by atoms with Crippen molar-refractivity contribution in [2.45, 2.75) is 50.2 Å². The van der Waals surface area contributed by atoms with Crippen LogP contribution in [0.3, 0.4) is 0 Å². The van der Waals surface area contributed by atoms with E-state index in [9.17, 15) is 20.2 Å². The second-order valence-electron chi connectivity index (χ2n) is 14.0. The first-order chi connectivity index (χ1) is 29.2. The Kier molecular flexibility index (Phi) is 18.3. The maximum atomic E-state index is 15.7. The van der Waals surface area contributed by atoms with Crippen molar-refractivity contribution in [1.82, 2.24) is 9.80 Å². The van der Waals surface area contributed by atoms with Crippen molar-refractivity contribution in [3.63, 3.8) is 0 Å². The normalized spacial score (nSPS) is 18.3. The molecule has 0 aromatic heterocycles. The monoisotopic (exact) mass is 824 g/mol. The molecule has 0 N–H and O–H groups in total. The number of rotatable bonds is 24. The second-order valence-corrected chi connectivity index (χ2v) is 14.0. The number of urea groups is 1. The van der Waals surface area contributed by atoms with Gasteiger partial charge >= 0.3 is 6.03 Å². The van der Waals surface area contributed by atoms with Crippen LogP contribution < -0.4 is 0 Å². The van der Waals surface area contributed by atoms with Gasteiger partial charge < -0.3 is 38.2 Å². The highest BCUT2D eigenvalue weighted by Crippen LogP contribution is 2.33. The SMILES string of the molecule is COCCOCO[C@@H]1[C@@H](OCOCCOC)[C@@H](Cc2ccccc2)N(Cc2cccc(/C=C/[N+](=O)[O-])c2)C(=O)N(Cc2cccc(/C=C/[N+](=O)[O-])c2)[C@@H]1Cc1ccccc1. The van der Waals surface area contributed by atoms with Gasteiger partial charge in [0.2, 0.25) is 12.4 Å². The van der Waals surface area contributed by atoms with Crippen molar-refractivity contribution >= 4 is 18.2 Å². The average Bonchev–Trinajstić information content (AvgIpc) is 3.32. The number of ether oxygens (including phenoxy) is 6. The summed E-state index contributed by atoms with van der Waals surface area (Å²) in [5.74, 6) is 0. The number of methoxy groups -OCH3 is 2. The fourth-order valence-corrected chi connectivity index (χ4v) is 7.12. The molecule has 0 saturated carbocycles. The molecule has 0 aliphatic carbocycles. The number of benzene rings is 4. The molecular formula is C45H52N4O11. The Morgan fingerprint density at radius 1 is 0.567 bits per heavy atom. The van der Waals surface area contributed by atoms with Crippen LogP contribution in [0.15, 0.2) is 122 Å². The molecule has 5 rings (SSSR count). The van der Waals surface area contributed by atoms with E-state index in [0.717, 1.165) is 34.7 Å². The largest absolute Gasteiger partial charge is 0.382 e. The first-order valence-corrected chi connectivity index (χ1v) is 19.6. The molecule has 0 unspecified atom stereocenters. The molecular weight excluding hydrogens is 773 g/mol. The lowest BCUT2D eigenvalue weighted by atomic mass is 9.90. The molecule has 0 bridgehead atoms. The summed E-state index contributed by atoms with van der Waals surface area (Å²) in [5.41, 5.74) is 4.55. The highest BCUT2D eigenvalue weighted by Gasteiger charge is 2.49. The van der Waals surface area contributed by atoms with Gasteiger partial charge in [-0.2, -0.15) is 0 Å². The van der Waals surface area contributed by atoms with E-state index in [-0.39, 0.29) is 45.9 Å². The van der Waals surface area contributed by atoms with Gasteiger partial charge in [-0.1, -0.05) is 97.1 Å². The third-order valence-corrected chi connectivity index (χ3v) is 9.89. The fourth-order valence-electron chi connectivity index (χ4n) is 7.12. The van der Waals surface area contributed by atoms with Crippen molar-refractivity contribution in [2.75, 3.05) is 54.2 Å². The Bertz CT molecular complexity index is 1860. The van der Waals surface area contributed by atoms with E-state index in [4.69, 9.17) is 28.4 Å². The smallest absolute Gasteiger partial charge is 0.321 e. The minimum atomic E-state index is -0.798. The minimum Gasteiger partial charge on any atom is -0.382 e. The van der Waals surface area contributed by atoms with Gasteiger partial charge in [0.1, 0.15) is 25.8 Å². The summed E-state index contributed by atoms with van der Waals surface area (Å²) in [4.78, 5) is 40.7. The zero-order valence-electron chi connectivity index (χ0n) is 33.9. The summed E-state index contributed by atoms with van der Waals surface area (Å²) in [5, 5.41) is 22.4. The molecule has 15 heteroatoms. The molecule has 4 aromatic rings. The van der Waals surface area contributed by atoms with Crippen LogP contribution >= 0.6 is 0 Å². The number of hydrogen-bond donors (Lipinski definition) is 0. The highest BCUT2D eigenvalue weighted by atomic mass is 16.7. The van der Waals surface area contributed by atoms with Gasteiger partial charge in [0, 0.05) is 39.5 Å². The Hall–Kier alpha value is -5.81. The van der Waals surface area contributed by atoms with Crippen molar-refractivity contribution in [2.24, 2.45) is 0 Å². The van der Waals surface area contributed by atoms with Crippen LogP contribution in [0.25, 0.3) is 12.2 Å². The molecule has 1 aliphatic rings. The van der Waals surface area contributed by atoms with E-state index in [2.05, 4.69) is 0 Å². The maximum Gasteiger partial charge on any atom is 0.321 e. The molecule has 1 saturated heterocycles. The average molecular weight is 825 g/mol. The van der Waals surface area contributed by atoms with Crippen LogP contribution in [0.5, 0.6) is 0 Å². The predicted molar refractivity (Wildman–Crippen MR) is 224 cm³/mol. The number of nitro groups is 2. The lowest BCUT2D eigenvalue weighted by Gasteiger charge is -2.38. The number of hydrogen-bond acceptors (Lipinski definition) is 11. The Balaban J connectivity index is 1.70. The minimum absolute atomic E-state index is 0.109. The maximum absolute atomic E-state index is 15.7. The van der Waals surface area contributed by atoms with Crippen LogP contribution in [0, 0.1) is 20.2 Å². The Morgan fingerprint density at radius 2 is 0.967 bits per heavy atom. The number of carbonyl (C=O) groups is 1. The third kappa shape index (κ3) is 14.2. The van der Waals surface area contributed by atoms with Crippen molar-refractivity contribution in [3.8, 4) is 0 Å². The van der Waals surface area contributed by atoms with Gasteiger partial charge in [-0.25, -0.2) is 4.79 Å². The first kappa shape index (κ1) is 45.3. The second kappa shape index (κ2) is 24.3. The number of amides is 2. The summed E-state index contributed by atoms with van der Waals surface area (Å²) in [7, 11) is 3.17. The van der Waals surface area contributed by atoms with Gasteiger partial charge in [0.05, 0.1) is 48.4 Å². The molecule has 0 spiro atoms. The van der Waals surface area contributed by atoms with Crippen molar-refractivity contribution in [1.29, 1.82) is 0 Å². The molecule has 0 radical (unpaired) electrons. The third-order valence-electron chi connectivity index (χ3n) is 9.89. The van der Waals surface area contributed by atoms with E-state index >= 15 is 4.79 Å². The van der Waals surface area contributed by atoms with E-state index in [0.29, 0.717) is 37.2 Å². The number of carbonyl (C=O) groups excluding carboxylic acids is 1. The van der Waals surface area contributed by atoms with Crippen LogP contribution in [-0.4, -0.2) is 104 Å². The Morgan fingerprint density at radius 3 is 1.35 bits per heavy atom. The van der Waals surface area contributed by atoms with Crippen LogP contribution in [-0.2, 0) is 54.4 Å². The Labute approximate surface area is 350 Å². The van der Waals surface area contributed by atoms with Crippen LogP contribution in [0.4, 0.5) is 4.79 Å². The zero-order valence-corrected chi connectivity index (χ0v) is 33.9. The molecule has 1 aliphatic heterocycles. The quantitative estimate of drug-likeness (QED) is 0.0314. The molecule has 2 amide bonds. The van der Waals surface area contributed by atoms with E-state index in [1.807, 2.05) is 84.9 Å². The van der Waals surface area contributed by atoms with Crippen molar-refractivity contribution in [3.05, 3.63) is 175 Å². The highest BCUT2D eigenvalue weighted by molar-refractivity contribution is 5.76. The lowest BCUT2D eigenvalue weighted by molar-refractivity contribution is -0.401. The summed E-state index contributed by atoms with van der Waals surface area (Å²) >= 11 is 0. The summed E-state index contributed by atoms with van der Waals surface area (Å²) in [6.07, 6.45) is 3.72. The van der Waals surface area contributed by atoms with Crippen LogP contribution in [0.1, 0.15) is 33.4 Å². The summed E-state index contributed by atoms with van der Waals surface area (Å²) in [6.45, 7) is 1.20. The molecule has 1 fully saturated rings. The summed E-state index contributed by atoms with van der Waals surface area (Å²) < 4.78 is 35.8. The molecule has 4 atom stereocenters. The van der Waals surface area contributed by atoms with Gasteiger partial charge in [-0.05, 0) is 58.4 Å². The van der Waals surface area contributed by atoms with E-state index < -0.39 is 34.1 Å². The molecule has 1 heterocycles. The molecule has 4 aromatic carbocycles. The first-order valence-electron chi connectivity index (χ1n) is 19.6. The molecule has 15 nitrogen and oxygen atoms in total. The van der Waals surface area contributed by atoms with Gasteiger partial charge in [-0.3, -0.25) is 20.2 Å². The lowest BCUT2D eigenvalue weighted by Crippen LogP contribution is -2.53. The standard InChI is InChI=1S/C45H52N4O11/c1-55-23-25-57-33-59-43-41(29-35-11-5-3-6-12-35)46(31-39-17-9-15-37(27-39)19-21-48(51)52)45(50)47(32-40-18-10-16-38(28-40)20-22-49(53)54)42(30-36-13-7-4-8-14-36)44(43)60-34-58-26-24-56-2/h3-22,27-28,41-44H,23-26,29-34H2,1-2H3/b21-19+,22-20+/t41-,42-,43+,44+/m1/s1. The van der Waals surface area contributed by atoms with Gasteiger partial charge in [0.25, 0.3) is 0 Å². The van der Waals surface area contributed by atoms with Gasteiger partial charge in [-0.15, -0.1) is 0 Å². The predicted octanol–water partition coefficient (Wildman–Crippen LogP) is 6.85. The number of nitrogens with zero attached hydrogens (tertiary/aromatic N) is 4. The van der Waals surface area contributed by atoms with E-state index in [1.54, 1.807) is 48.3 Å².